The van der Waals surface area contributed by atoms with E-state index in [0.717, 1.165) is 22.4 Å². The largest absolute Gasteiger partial charge is 0.369 e. The molecule has 1 unspecified atom stereocenters. The maximum Gasteiger partial charge on any atom is 0.262 e. The number of hydrogen-bond donors (Lipinski definition) is 2. The van der Waals surface area contributed by atoms with E-state index >= 15 is 4.39 Å². The highest BCUT2D eigenvalue weighted by molar-refractivity contribution is 6.23. The number of aryl methyl sites for hydroxylation is 1. The number of carbonyl (C=O) groups is 4. The molecule has 2 aromatic heterocycles. The Balaban J connectivity index is 1.19. The minimum absolute atomic E-state index is 0.0206. The lowest BCUT2D eigenvalue weighted by molar-refractivity contribution is -0.136. The van der Waals surface area contributed by atoms with E-state index in [4.69, 9.17) is 4.98 Å². The van der Waals surface area contributed by atoms with Gasteiger partial charge in [-0.25, -0.2) is 14.4 Å². The van der Waals surface area contributed by atoms with Crippen LogP contribution in [0.25, 0.3) is 11.5 Å². The molecule has 4 amide bonds. The average molecular weight is 518 g/mol. The van der Waals surface area contributed by atoms with Crippen molar-refractivity contribution in [2.75, 3.05) is 18.0 Å². The third-order valence-corrected chi connectivity index (χ3v) is 7.36. The van der Waals surface area contributed by atoms with Crippen molar-refractivity contribution in [2.24, 2.45) is 0 Å². The molecule has 0 spiro atoms. The molecule has 194 valence electrons. The fourth-order valence-electron chi connectivity index (χ4n) is 5.37. The SMILES string of the molecule is Cc1cnc(-c2cncc(C3CCN(c4cc5c(cc4F)C(=O)N(C4CCC(=O)NC4=O)C5=O)CC3)n2)[nH]1. The summed E-state index contributed by atoms with van der Waals surface area (Å²) in [6.45, 7) is 2.95. The first-order chi connectivity index (χ1) is 18.3. The van der Waals surface area contributed by atoms with Crippen LogP contribution in [0.3, 0.4) is 0 Å². The summed E-state index contributed by atoms with van der Waals surface area (Å²) in [4.78, 5) is 69.1. The van der Waals surface area contributed by atoms with Gasteiger partial charge in [0.15, 0.2) is 5.82 Å². The molecule has 2 N–H and O–H groups in total. The number of H-pyrrole nitrogens is 1. The Bertz CT molecular complexity index is 1490. The number of rotatable bonds is 4. The Morgan fingerprint density at radius 3 is 2.39 bits per heavy atom. The molecule has 0 radical (unpaired) electrons. The molecule has 6 rings (SSSR count). The van der Waals surface area contributed by atoms with Gasteiger partial charge < -0.3 is 9.88 Å². The standard InChI is InChI=1S/C26H24FN7O4/c1-13-10-29-23(30-13)19-12-28-11-18(31-19)14-4-6-33(7-5-14)21-9-16-15(8-17(21)27)25(37)34(26(16)38)20-2-3-22(35)32-24(20)36/h8-12,14,20H,2-7H2,1H3,(H,29,30)(H,32,35,36). The van der Waals surface area contributed by atoms with Gasteiger partial charge in [-0.1, -0.05) is 0 Å². The number of carbonyl (C=O) groups excluding carboxylic acids is 4. The summed E-state index contributed by atoms with van der Waals surface area (Å²) < 4.78 is 15.2. The first kappa shape index (κ1) is 23.9. The molecule has 0 saturated carbocycles. The first-order valence-corrected chi connectivity index (χ1v) is 12.4. The lowest BCUT2D eigenvalue weighted by Gasteiger charge is -2.33. The summed E-state index contributed by atoms with van der Waals surface area (Å²) >= 11 is 0. The maximum atomic E-state index is 15.2. The number of nitrogens with zero attached hydrogens (tertiary/aromatic N) is 5. The van der Waals surface area contributed by atoms with E-state index in [1.54, 1.807) is 18.6 Å². The number of aromatic amines is 1. The molecule has 2 saturated heterocycles. The Labute approximate surface area is 216 Å². The molecule has 38 heavy (non-hydrogen) atoms. The van der Waals surface area contributed by atoms with Crippen LogP contribution in [-0.4, -0.2) is 67.6 Å². The van der Waals surface area contributed by atoms with E-state index in [0.29, 0.717) is 37.4 Å². The zero-order chi connectivity index (χ0) is 26.6. The predicted octanol–water partition coefficient (Wildman–Crippen LogP) is 2.10. The third kappa shape index (κ3) is 4.01. The first-order valence-electron chi connectivity index (χ1n) is 12.4. The number of imide groups is 2. The average Bonchev–Trinajstić information content (AvgIpc) is 3.45. The Kier molecular flexibility index (Phi) is 5.73. The number of anilines is 1. The predicted molar refractivity (Wildman–Crippen MR) is 132 cm³/mol. The van der Waals surface area contributed by atoms with Crippen LogP contribution >= 0.6 is 0 Å². The van der Waals surface area contributed by atoms with Crippen molar-refractivity contribution in [3.8, 4) is 11.5 Å². The molecule has 1 aromatic carbocycles. The highest BCUT2D eigenvalue weighted by atomic mass is 19.1. The number of fused-ring (bicyclic) bond motifs is 1. The molecule has 1 atom stereocenters. The van der Waals surface area contributed by atoms with Crippen LogP contribution in [0.1, 0.15) is 63.7 Å². The van der Waals surface area contributed by atoms with Gasteiger partial charge in [0, 0.05) is 43.5 Å². The van der Waals surface area contributed by atoms with Gasteiger partial charge in [0.05, 0.1) is 28.7 Å². The van der Waals surface area contributed by atoms with Crippen molar-refractivity contribution in [2.45, 2.75) is 44.6 Å². The minimum atomic E-state index is -1.09. The van der Waals surface area contributed by atoms with E-state index in [-0.39, 0.29) is 35.6 Å². The molecule has 12 heteroatoms. The second-order valence-electron chi connectivity index (χ2n) is 9.80. The molecule has 11 nitrogen and oxygen atoms in total. The monoisotopic (exact) mass is 517 g/mol. The van der Waals surface area contributed by atoms with E-state index in [9.17, 15) is 19.2 Å². The quantitative estimate of drug-likeness (QED) is 0.501. The summed E-state index contributed by atoms with van der Waals surface area (Å²) in [7, 11) is 0. The molecular weight excluding hydrogens is 493 g/mol. The number of hydrogen-bond acceptors (Lipinski definition) is 8. The molecule has 2 fully saturated rings. The van der Waals surface area contributed by atoms with Crippen LogP contribution in [0.5, 0.6) is 0 Å². The second kappa shape index (κ2) is 9.12. The van der Waals surface area contributed by atoms with Gasteiger partial charge in [-0.3, -0.25) is 34.4 Å². The summed E-state index contributed by atoms with van der Waals surface area (Å²) in [5, 5.41) is 2.16. The topological polar surface area (TPSA) is 141 Å². The number of piperidine rings is 2. The summed E-state index contributed by atoms with van der Waals surface area (Å²) in [6, 6.07) is 1.38. The van der Waals surface area contributed by atoms with Crippen molar-refractivity contribution in [1.82, 2.24) is 30.2 Å². The van der Waals surface area contributed by atoms with Crippen molar-refractivity contribution in [3.05, 3.63) is 59.1 Å². The molecular formula is C26H24FN7O4. The molecule has 5 heterocycles. The van der Waals surface area contributed by atoms with Crippen LogP contribution in [0.2, 0.25) is 0 Å². The van der Waals surface area contributed by atoms with Crippen molar-refractivity contribution in [3.63, 3.8) is 0 Å². The van der Waals surface area contributed by atoms with Crippen LogP contribution < -0.4 is 10.2 Å². The maximum absolute atomic E-state index is 15.2. The number of halogens is 1. The van der Waals surface area contributed by atoms with Gasteiger partial charge in [0.2, 0.25) is 11.8 Å². The fourth-order valence-corrected chi connectivity index (χ4v) is 5.37. The minimum Gasteiger partial charge on any atom is -0.369 e. The van der Waals surface area contributed by atoms with Gasteiger partial charge in [-0.15, -0.1) is 0 Å². The van der Waals surface area contributed by atoms with Gasteiger partial charge in [0.1, 0.15) is 17.6 Å². The summed E-state index contributed by atoms with van der Waals surface area (Å²) in [5.74, 6) is -2.37. The van der Waals surface area contributed by atoms with Crippen LogP contribution in [-0.2, 0) is 9.59 Å². The lowest BCUT2D eigenvalue weighted by Crippen LogP contribution is -2.54. The highest BCUT2D eigenvalue weighted by Gasteiger charge is 2.45. The number of benzene rings is 1. The molecule has 3 aliphatic rings. The van der Waals surface area contributed by atoms with E-state index in [1.807, 2.05) is 11.8 Å². The van der Waals surface area contributed by atoms with Gasteiger partial charge in [-0.2, -0.15) is 0 Å². The number of amides is 4. The highest BCUT2D eigenvalue weighted by Crippen LogP contribution is 2.35. The third-order valence-electron chi connectivity index (χ3n) is 7.36. The van der Waals surface area contributed by atoms with Crippen molar-refractivity contribution >= 4 is 29.3 Å². The Hall–Kier alpha value is -4.48. The molecule has 0 bridgehead atoms. The van der Waals surface area contributed by atoms with Gasteiger partial charge in [0.25, 0.3) is 11.8 Å². The zero-order valence-electron chi connectivity index (χ0n) is 20.5. The normalized spacial score (nSPS) is 20.2. The van der Waals surface area contributed by atoms with Gasteiger partial charge in [-0.05, 0) is 38.3 Å². The second-order valence-corrected chi connectivity index (χ2v) is 9.80. The Morgan fingerprint density at radius 2 is 1.71 bits per heavy atom. The van der Waals surface area contributed by atoms with Gasteiger partial charge >= 0.3 is 0 Å². The van der Waals surface area contributed by atoms with E-state index in [1.165, 1.54) is 6.07 Å². The molecule has 3 aliphatic heterocycles. The molecule has 3 aromatic rings. The number of aromatic nitrogens is 4. The Morgan fingerprint density at radius 1 is 0.974 bits per heavy atom. The summed E-state index contributed by atoms with van der Waals surface area (Å²) in [5.41, 5.74) is 2.65. The molecule has 0 aliphatic carbocycles. The van der Waals surface area contributed by atoms with Crippen LogP contribution in [0.15, 0.2) is 30.7 Å². The smallest absolute Gasteiger partial charge is 0.262 e. The lowest BCUT2D eigenvalue weighted by atomic mass is 9.93. The van der Waals surface area contributed by atoms with Crippen molar-refractivity contribution < 1.29 is 23.6 Å². The van der Waals surface area contributed by atoms with E-state index in [2.05, 4.69) is 20.3 Å². The summed E-state index contributed by atoms with van der Waals surface area (Å²) in [6.07, 6.45) is 6.59. The zero-order valence-corrected chi connectivity index (χ0v) is 20.5. The van der Waals surface area contributed by atoms with Crippen LogP contribution in [0.4, 0.5) is 10.1 Å². The fraction of sp³-hybridized carbons (Fsp3) is 0.346. The van der Waals surface area contributed by atoms with Crippen LogP contribution in [0, 0.1) is 12.7 Å². The number of imidazole rings is 1. The van der Waals surface area contributed by atoms with Crippen molar-refractivity contribution in [1.29, 1.82) is 0 Å². The van der Waals surface area contributed by atoms with E-state index < -0.39 is 35.5 Å². The number of nitrogens with one attached hydrogen (secondary N) is 2.